The van der Waals surface area contributed by atoms with Crippen LogP contribution in [0.5, 0.6) is 0 Å². The molecule has 0 amide bonds. The van der Waals surface area contributed by atoms with Gasteiger partial charge in [-0.3, -0.25) is 0 Å². The van der Waals surface area contributed by atoms with Gasteiger partial charge in [0.15, 0.2) is 17.3 Å². The van der Waals surface area contributed by atoms with Crippen molar-refractivity contribution >= 4 is 22.4 Å². The second kappa shape index (κ2) is 6.51. The third kappa shape index (κ3) is 2.59. The minimum atomic E-state index is -0.215. The minimum Gasteiger partial charge on any atom is -0.353 e. The highest BCUT2D eigenvalue weighted by atomic mass is 19.1. The SMILES string of the molecule is Cc1c(-c2[nH]c3cnc(N4CC5(CN(C)C5)C4)c(F)c3c2C(C)C)cn2ncnc2c1C. The van der Waals surface area contributed by atoms with E-state index in [4.69, 9.17) is 0 Å². The van der Waals surface area contributed by atoms with E-state index in [2.05, 4.69) is 64.6 Å². The monoisotopic (exact) mass is 433 g/mol. The summed E-state index contributed by atoms with van der Waals surface area (Å²) in [6, 6.07) is 0. The average Bonchev–Trinajstić information content (AvgIpc) is 3.32. The van der Waals surface area contributed by atoms with Crippen molar-refractivity contribution in [2.45, 2.75) is 33.6 Å². The number of fused-ring (bicyclic) bond motifs is 2. The number of hydrogen-bond donors (Lipinski definition) is 1. The molecule has 7 nitrogen and oxygen atoms in total. The fourth-order valence-corrected chi connectivity index (χ4v) is 5.84. The standard InChI is InChI=1S/C24H28FN7/c1-13(2)18-19-17(6-26-23(20(19)25)31-10-24(11-31)8-30(5)9-24)29-21(18)16-7-32-22(27-12-28-32)15(4)14(16)3/h6-7,12-13,29H,8-11H2,1-5H3. The first kappa shape index (κ1) is 19.7. The molecule has 166 valence electrons. The van der Waals surface area contributed by atoms with E-state index in [1.54, 1.807) is 17.0 Å². The van der Waals surface area contributed by atoms with Crippen LogP contribution in [0.25, 0.3) is 27.8 Å². The zero-order valence-corrected chi connectivity index (χ0v) is 19.2. The summed E-state index contributed by atoms with van der Waals surface area (Å²) in [4.78, 5) is 16.8. The lowest BCUT2D eigenvalue weighted by atomic mass is 9.73. The number of hydrogen-bond acceptors (Lipinski definition) is 5. The predicted octanol–water partition coefficient (Wildman–Crippen LogP) is 3.90. The highest BCUT2D eigenvalue weighted by molar-refractivity contribution is 5.94. The van der Waals surface area contributed by atoms with E-state index in [1.165, 1.54) is 0 Å². The first-order chi connectivity index (χ1) is 15.3. The minimum absolute atomic E-state index is 0.137. The molecule has 0 atom stereocenters. The van der Waals surface area contributed by atoms with Gasteiger partial charge in [-0.15, -0.1) is 0 Å². The Morgan fingerprint density at radius 3 is 2.53 bits per heavy atom. The summed E-state index contributed by atoms with van der Waals surface area (Å²) < 4.78 is 17.8. The summed E-state index contributed by atoms with van der Waals surface area (Å²) in [5, 5.41) is 4.99. The Hall–Kier alpha value is -3.00. The van der Waals surface area contributed by atoms with Crippen LogP contribution in [0.1, 0.15) is 36.5 Å². The molecule has 2 aliphatic rings. The van der Waals surface area contributed by atoms with Crippen molar-refractivity contribution in [3.8, 4) is 11.3 Å². The second-order valence-corrected chi connectivity index (χ2v) is 10.1. The molecule has 0 aliphatic carbocycles. The molecular formula is C24H28FN7. The van der Waals surface area contributed by atoms with Gasteiger partial charge in [-0.05, 0) is 43.5 Å². The number of nitrogens with zero attached hydrogens (tertiary/aromatic N) is 6. The number of nitrogens with one attached hydrogen (secondary N) is 1. The van der Waals surface area contributed by atoms with Gasteiger partial charge in [0, 0.05) is 48.7 Å². The van der Waals surface area contributed by atoms with Gasteiger partial charge in [0.05, 0.1) is 17.4 Å². The van der Waals surface area contributed by atoms with Crippen molar-refractivity contribution in [2.24, 2.45) is 5.41 Å². The molecule has 32 heavy (non-hydrogen) atoms. The second-order valence-electron chi connectivity index (χ2n) is 10.1. The van der Waals surface area contributed by atoms with Crippen molar-refractivity contribution < 1.29 is 4.39 Å². The lowest BCUT2D eigenvalue weighted by molar-refractivity contribution is -0.00311. The van der Waals surface area contributed by atoms with Gasteiger partial charge in [0.2, 0.25) is 0 Å². The number of rotatable bonds is 3. The van der Waals surface area contributed by atoms with Crippen LogP contribution in [0.2, 0.25) is 0 Å². The molecule has 6 heterocycles. The maximum atomic E-state index is 16.0. The number of pyridine rings is 2. The van der Waals surface area contributed by atoms with Crippen molar-refractivity contribution in [2.75, 3.05) is 38.1 Å². The summed E-state index contributed by atoms with van der Waals surface area (Å²) >= 11 is 0. The van der Waals surface area contributed by atoms with Gasteiger partial charge < -0.3 is 14.8 Å². The van der Waals surface area contributed by atoms with Gasteiger partial charge in [-0.2, -0.15) is 5.10 Å². The third-order valence-electron chi connectivity index (χ3n) is 7.34. The number of aryl methyl sites for hydroxylation is 1. The number of H-pyrrole nitrogens is 1. The van der Waals surface area contributed by atoms with Crippen LogP contribution in [-0.4, -0.2) is 62.7 Å². The molecule has 2 aliphatic heterocycles. The maximum absolute atomic E-state index is 16.0. The van der Waals surface area contributed by atoms with E-state index in [0.717, 1.165) is 65.3 Å². The first-order valence-electron chi connectivity index (χ1n) is 11.2. The van der Waals surface area contributed by atoms with E-state index in [9.17, 15) is 0 Å². The summed E-state index contributed by atoms with van der Waals surface area (Å²) in [5.41, 5.74) is 7.03. The zero-order chi connectivity index (χ0) is 22.4. The average molecular weight is 434 g/mol. The van der Waals surface area contributed by atoms with Gasteiger partial charge in [-0.1, -0.05) is 13.8 Å². The maximum Gasteiger partial charge on any atom is 0.175 e. The first-order valence-corrected chi connectivity index (χ1v) is 11.2. The highest BCUT2D eigenvalue weighted by Gasteiger charge is 2.51. The fraction of sp³-hybridized carbons (Fsp3) is 0.458. The molecule has 4 aromatic heterocycles. The number of anilines is 1. The molecule has 0 bridgehead atoms. The lowest BCUT2D eigenvalue weighted by Crippen LogP contribution is -2.71. The van der Waals surface area contributed by atoms with E-state index in [-0.39, 0.29) is 11.7 Å². The quantitative estimate of drug-likeness (QED) is 0.531. The molecule has 4 aromatic rings. The van der Waals surface area contributed by atoms with Gasteiger partial charge >= 0.3 is 0 Å². The van der Waals surface area contributed by atoms with Crippen molar-refractivity contribution in [1.82, 2.24) is 29.5 Å². The molecular weight excluding hydrogens is 405 g/mol. The number of halogens is 1. The number of aromatic nitrogens is 5. The van der Waals surface area contributed by atoms with Gasteiger partial charge in [0.25, 0.3) is 0 Å². The molecule has 2 saturated heterocycles. The van der Waals surface area contributed by atoms with Crippen LogP contribution in [0.4, 0.5) is 10.2 Å². The molecule has 6 rings (SSSR count). The number of likely N-dealkylation sites (tertiary alicyclic amines) is 1. The summed E-state index contributed by atoms with van der Waals surface area (Å²) in [5.74, 6) is 0.398. The molecule has 1 N–H and O–H groups in total. The molecule has 1 spiro atoms. The van der Waals surface area contributed by atoms with Gasteiger partial charge in [-0.25, -0.2) is 18.9 Å². The molecule has 0 saturated carbocycles. The van der Waals surface area contributed by atoms with E-state index in [0.29, 0.717) is 16.6 Å². The van der Waals surface area contributed by atoms with Crippen LogP contribution in [0.3, 0.4) is 0 Å². The number of aromatic amines is 1. The highest BCUT2D eigenvalue weighted by Crippen LogP contribution is 2.44. The lowest BCUT2D eigenvalue weighted by Gasteiger charge is -2.59. The van der Waals surface area contributed by atoms with Crippen molar-refractivity contribution in [3.05, 3.63) is 41.2 Å². The Balaban J connectivity index is 1.50. The van der Waals surface area contributed by atoms with Crippen molar-refractivity contribution in [1.29, 1.82) is 0 Å². The summed E-state index contributed by atoms with van der Waals surface area (Å²) in [6.07, 6.45) is 5.34. The fourth-order valence-electron chi connectivity index (χ4n) is 5.84. The molecule has 0 radical (unpaired) electrons. The summed E-state index contributed by atoms with van der Waals surface area (Å²) in [7, 11) is 2.13. The predicted molar refractivity (Wildman–Crippen MR) is 124 cm³/mol. The van der Waals surface area contributed by atoms with E-state index >= 15 is 4.39 Å². The molecule has 0 aromatic carbocycles. The Labute approximate surface area is 186 Å². The van der Waals surface area contributed by atoms with Crippen LogP contribution < -0.4 is 4.90 Å². The third-order valence-corrected chi connectivity index (χ3v) is 7.34. The van der Waals surface area contributed by atoms with Crippen LogP contribution in [0, 0.1) is 25.1 Å². The zero-order valence-electron chi connectivity index (χ0n) is 19.2. The van der Waals surface area contributed by atoms with E-state index < -0.39 is 0 Å². The van der Waals surface area contributed by atoms with Crippen LogP contribution >= 0.6 is 0 Å². The smallest absolute Gasteiger partial charge is 0.175 e. The molecule has 0 unspecified atom stereocenters. The normalized spacial score (nSPS) is 18.2. The Kier molecular flexibility index (Phi) is 4.00. The Bertz CT molecular complexity index is 1370. The van der Waals surface area contributed by atoms with Crippen molar-refractivity contribution in [3.63, 3.8) is 0 Å². The summed E-state index contributed by atoms with van der Waals surface area (Å²) in [6.45, 7) is 12.3. The van der Waals surface area contributed by atoms with Crippen LogP contribution in [-0.2, 0) is 0 Å². The topological polar surface area (TPSA) is 65.4 Å². The van der Waals surface area contributed by atoms with Gasteiger partial charge in [0.1, 0.15) is 6.33 Å². The van der Waals surface area contributed by atoms with E-state index in [1.807, 2.05) is 6.20 Å². The molecule has 2 fully saturated rings. The largest absolute Gasteiger partial charge is 0.353 e. The Morgan fingerprint density at radius 1 is 1.09 bits per heavy atom. The Morgan fingerprint density at radius 2 is 1.84 bits per heavy atom. The van der Waals surface area contributed by atoms with Crippen LogP contribution in [0.15, 0.2) is 18.7 Å². The molecule has 8 heteroatoms.